The molecule has 5 rings (SSSR count). The predicted molar refractivity (Wildman–Crippen MR) is 151 cm³/mol. The summed E-state index contributed by atoms with van der Waals surface area (Å²) in [4.78, 5) is 18.6. The van der Waals surface area contributed by atoms with Crippen molar-refractivity contribution in [2.45, 2.75) is 71.7 Å². The summed E-state index contributed by atoms with van der Waals surface area (Å²) >= 11 is 0. The van der Waals surface area contributed by atoms with Crippen LogP contribution in [0, 0.1) is 6.92 Å². The lowest BCUT2D eigenvalue weighted by molar-refractivity contribution is 0.0893. The SMILES string of the molecule is CCOc1ccc2[nH]c(=O)c(CN(CCc3cccc(C)c3)[C@@H](CC)c3nnnn3C[C@@H]3CCCO3)cc2c1. The Hall–Kier alpha value is -3.56. The van der Waals surface area contributed by atoms with E-state index in [1.807, 2.05) is 35.9 Å². The lowest BCUT2D eigenvalue weighted by atomic mass is 10.1. The minimum Gasteiger partial charge on any atom is -0.494 e. The quantitative estimate of drug-likeness (QED) is 0.286. The molecule has 3 heterocycles. The predicted octanol–water partition coefficient (Wildman–Crippen LogP) is 4.60. The van der Waals surface area contributed by atoms with Crippen LogP contribution < -0.4 is 10.3 Å². The molecule has 0 unspecified atom stereocenters. The van der Waals surface area contributed by atoms with Crippen LogP contribution in [0.15, 0.2) is 53.3 Å². The van der Waals surface area contributed by atoms with Crippen LogP contribution in [0.5, 0.6) is 5.75 Å². The minimum absolute atomic E-state index is 0.0592. The first-order valence-electron chi connectivity index (χ1n) is 14.0. The molecule has 0 radical (unpaired) electrons. The Balaban J connectivity index is 1.46. The number of hydrogen-bond acceptors (Lipinski definition) is 7. The highest BCUT2D eigenvalue weighted by atomic mass is 16.5. The molecule has 1 N–H and O–H groups in total. The third-order valence-electron chi connectivity index (χ3n) is 7.43. The molecule has 9 nitrogen and oxygen atoms in total. The standard InChI is InChI=1S/C30H38N6O3/c1-4-28(29-32-33-34-36(29)20-26-10-7-15-39-26)35(14-13-22-9-6-8-21(3)16-22)19-24-17-23-18-25(38-5-2)11-12-27(23)31-30(24)37/h6,8-9,11-12,16-18,26,28H,4-5,7,10,13-15,19-20H2,1-3H3,(H,31,37)/t26-,28-/m0/s1. The van der Waals surface area contributed by atoms with Crippen molar-refractivity contribution in [1.82, 2.24) is 30.1 Å². The highest BCUT2D eigenvalue weighted by molar-refractivity contribution is 5.80. The van der Waals surface area contributed by atoms with Crippen LogP contribution >= 0.6 is 0 Å². The summed E-state index contributed by atoms with van der Waals surface area (Å²) in [6.45, 7) is 9.47. The van der Waals surface area contributed by atoms with Crippen molar-refractivity contribution in [3.05, 3.63) is 81.4 Å². The molecule has 2 aromatic carbocycles. The fraction of sp³-hybridized carbons (Fsp3) is 0.467. The first-order valence-corrected chi connectivity index (χ1v) is 14.0. The molecule has 4 aromatic rings. The van der Waals surface area contributed by atoms with E-state index in [1.165, 1.54) is 11.1 Å². The zero-order valence-electron chi connectivity index (χ0n) is 23.1. The Labute approximate surface area is 229 Å². The summed E-state index contributed by atoms with van der Waals surface area (Å²) in [6, 6.07) is 16.3. The highest BCUT2D eigenvalue weighted by Gasteiger charge is 2.27. The number of nitrogens with zero attached hydrogens (tertiary/aromatic N) is 5. The molecule has 1 fully saturated rings. The first-order chi connectivity index (χ1) is 19.0. The van der Waals surface area contributed by atoms with Gasteiger partial charge in [0, 0.05) is 36.2 Å². The fourth-order valence-electron chi connectivity index (χ4n) is 5.47. The molecule has 39 heavy (non-hydrogen) atoms. The molecule has 1 aliphatic heterocycles. The number of aromatic nitrogens is 5. The Morgan fingerprint density at radius 1 is 1.21 bits per heavy atom. The van der Waals surface area contributed by atoms with E-state index in [-0.39, 0.29) is 17.7 Å². The van der Waals surface area contributed by atoms with Gasteiger partial charge in [0.1, 0.15) is 5.75 Å². The van der Waals surface area contributed by atoms with Gasteiger partial charge in [0.25, 0.3) is 5.56 Å². The fourth-order valence-corrected chi connectivity index (χ4v) is 5.47. The highest BCUT2D eigenvalue weighted by Crippen LogP contribution is 2.27. The lowest BCUT2D eigenvalue weighted by Gasteiger charge is -2.30. The molecule has 2 aromatic heterocycles. The van der Waals surface area contributed by atoms with Gasteiger partial charge in [-0.25, -0.2) is 4.68 Å². The van der Waals surface area contributed by atoms with Crippen molar-refractivity contribution in [2.75, 3.05) is 19.8 Å². The number of pyridine rings is 1. The second-order valence-electron chi connectivity index (χ2n) is 10.3. The Kier molecular flexibility index (Phi) is 8.68. The van der Waals surface area contributed by atoms with Gasteiger partial charge in [-0.2, -0.15) is 0 Å². The van der Waals surface area contributed by atoms with Crippen LogP contribution in [-0.4, -0.2) is 56.0 Å². The Bertz CT molecular complexity index is 1440. The number of fused-ring (bicyclic) bond motifs is 1. The van der Waals surface area contributed by atoms with Crippen molar-refractivity contribution < 1.29 is 9.47 Å². The molecule has 0 amide bonds. The van der Waals surface area contributed by atoms with E-state index in [4.69, 9.17) is 9.47 Å². The number of tetrazole rings is 1. The first kappa shape index (κ1) is 27.0. The number of ether oxygens (including phenoxy) is 2. The van der Waals surface area contributed by atoms with Crippen molar-refractivity contribution >= 4 is 10.9 Å². The van der Waals surface area contributed by atoms with E-state index < -0.39 is 0 Å². The van der Waals surface area contributed by atoms with Crippen molar-refractivity contribution in [3.8, 4) is 5.75 Å². The number of nitrogens with one attached hydrogen (secondary N) is 1. The number of H-pyrrole nitrogens is 1. The molecule has 0 aliphatic carbocycles. The van der Waals surface area contributed by atoms with Gasteiger partial charge in [-0.15, -0.1) is 5.10 Å². The van der Waals surface area contributed by atoms with E-state index in [2.05, 4.69) is 63.5 Å². The van der Waals surface area contributed by atoms with Gasteiger partial charge in [0.2, 0.25) is 0 Å². The second kappa shape index (κ2) is 12.5. The van der Waals surface area contributed by atoms with Gasteiger partial charge in [-0.05, 0) is 79.8 Å². The Morgan fingerprint density at radius 2 is 2.10 bits per heavy atom. The van der Waals surface area contributed by atoms with Crippen molar-refractivity contribution in [3.63, 3.8) is 0 Å². The molecule has 0 bridgehead atoms. The zero-order chi connectivity index (χ0) is 27.2. The summed E-state index contributed by atoms with van der Waals surface area (Å²) < 4.78 is 13.5. The number of aromatic amines is 1. The molecular weight excluding hydrogens is 492 g/mol. The van der Waals surface area contributed by atoms with Crippen LogP contribution in [0.3, 0.4) is 0 Å². The summed E-state index contributed by atoms with van der Waals surface area (Å²) in [5.41, 5.74) is 3.93. The zero-order valence-corrected chi connectivity index (χ0v) is 23.1. The van der Waals surface area contributed by atoms with Gasteiger partial charge in [-0.3, -0.25) is 9.69 Å². The smallest absolute Gasteiger partial charge is 0.252 e. The van der Waals surface area contributed by atoms with Gasteiger partial charge in [0.05, 0.1) is 25.3 Å². The number of aryl methyl sites for hydroxylation is 1. The summed E-state index contributed by atoms with van der Waals surface area (Å²) in [5.74, 6) is 1.60. The van der Waals surface area contributed by atoms with Gasteiger partial charge < -0.3 is 14.5 Å². The molecule has 9 heteroatoms. The average molecular weight is 531 g/mol. The van der Waals surface area contributed by atoms with Crippen LogP contribution in [0.1, 0.15) is 61.7 Å². The number of rotatable bonds is 12. The normalized spacial score (nSPS) is 16.3. The summed E-state index contributed by atoms with van der Waals surface area (Å²) in [6.07, 6.45) is 3.88. The molecule has 1 aliphatic rings. The van der Waals surface area contributed by atoms with E-state index in [0.717, 1.165) is 61.3 Å². The van der Waals surface area contributed by atoms with Crippen LogP contribution in [-0.2, 0) is 24.2 Å². The van der Waals surface area contributed by atoms with Gasteiger partial charge >= 0.3 is 0 Å². The Morgan fingerprint density at radius 3 is 2.87 bits per heavy atom. The summed E-state index contributed by atoms with van der Waals surface area (Å²) in [7, 11) is 0. The average Bonchev–Trinajstić information content (AvgIpc) is 3.61. The molecule has 1 saturated heterocycles. The van der Waals surface area contributed by atoms with Crippen LogP contribution in [0.25, 0.3) is 10.9 Å². The maximum Gasteiger partial charge on any atom is 0.252 e. The van der Waals surface area contributed by atoms with Crippen molar-refractivity contribution in [2.24, 2.45) is 0 Å². The van der Waals surface area contributed by atoms with Crippen LogP contribution in [0.4, 0.5) is 0 Å². The van der Waals surface area contributed by atoms with Crippen LogP contribution in [0.2, 0.25) is 0 Å². The second-order valence-corrected chi connectivity index (χ2v) is 10.3. The maximum atomic E-state index is 13.2. The molecule has 0 saturated carbocycles. The van der Waals surface area contributed by atoms with E-state index in [1.54, 1.807) is 0 Å². The maximum absolute atomic E-state index is 13.2. The molecule has 0 spiro atoms. The molecule has 2 atom stereocenters. The number of hydrogen-bond donors (Lipinski definition) is 1. The third-order valence-corrected chi connectivity index (χ3v) is 7.43. The van der Waals surface area contributed by atoms with E-state index in [0.29, 0.717) is 25.3 Å². The lowest BCUT2D eigenvalue weighted by Crippen LogP contribution is -2.34. The molecular formula is C30H38N6O3. The number of benzene rings is 2. The van der Waals surface area contributed by atoms with E-state index >= 15 is 0 Å². The minimum atomic E-state index is -0.0824. The van der Waals surface area contributed by atoms with E-state index in [9.17, 15) is 4.79 Å². The van der Waals surface area contributed by atoms with Crippen molar-refractivity contribution in [1.29, 1.82) is 0 Å². The largest absolute Gasteiger partial charge is 0.494 e. The summed E-state index contributed by atoms with van der Waals surface area (Å²) in [5, 5.41) is 13.8. The topological polar surface area (TPSA) is 98.2 Å². The molecule has 206 valence electrons. The third kappa shape index (κ3) is 6.54. The van der Waals surface area contributed by atoms with Gasteiger partial charge in [0.15, 0.2) is 5.82 Å². The monoisotopic (exact) mass is 530 g/mol. The van der Waals surface area contributed by atoms with Gasteiger partial charge in [-0.1, -0.05) is 36.8 Å².